The number of carbonyl (C=O) groups is 4. The number of ether oxygens (including phenoxy) is 2. The monoisotopic (exact) mass is 527 g/mol. The van der Waals surface area contributed by atoms with E-state index in [9.17, 15) is 24.3 Å². The highest BCUT2D eigenvalue weighted by Gasteiger charge is 2.37. The number of aromatic hydroxyl groups is 1. The number of alkyl carbamates (subject to hydrolysis) is 1. The van der Waals surface area contributed by atoms with Gasteiger partial charge in [0.25, 0.3) is 0 Å². The van der Waals surface area contributed by atoms with Gasteiger partial charge in [-0.25, -0.2) is 4.79 Å². The molecule has 2 aromatic carbocycles. The maximum Gasteiger partial charge on any atom is 0.408 e. The Kier molecular flexibility index (Phi) is 10.7. The van der Waals surface area contributed by atoms with Gasteiger partial charge in [0.05, 0.1) is 7.11 Å². The normalized spacial score (nSPS) is 12.6. The van der Waals surface area contributed by atoms with Crippen molar-refractivity contribution < 1.29 is 33.8 Å². The number of rotatable bonds is 10. The van der Waals surface area contributed by atoms with Gasteiger partial charge in [0.1, 0.15) is 30.0 Å². The molecule has 0 heterocycles. The Hall–Kier alpha value is -4.08. The lowest BCUT2D eigenvalue weighted by atomic mass is 9.98. The summed E-state index contributed by atoms with van der Waals surface area (Å²) in [5.74, 6) is -2.09. The molecule has 0 aliphatic carbocycles. The minimum absolute atomic E-state index is 0.0593. The van der Waals surface area contributed by atoms with Gasteiger partial charge in [-0.2, -0.15) is 0 Å². The summed E-state index contributed by atoms with van der Waals surface area (Å²) in [4.78, 5) is 53.0. The molecule has 206 valence electrons. The molecule has 0 spiro atoms. The first-order valence-electron chi connectivity index (χ1n) is 12.3. The summed E-state index contributed by atoms with van der Waals surface area (Å²) in [5.41, 5.74) is 0.671. The number of phenolic OH excluding ortho intramolecular Hbond substituents is 1. The zero-order valence-corrected chi connectivity index (χ0v) is 22.7. The lowest BCUT2D eigenvalue weighted by molar-refractivity contribution is -0.144. The molecule has 2 rings (SSSR count). The van der Waals surface area contributed by atoms with Crippen molar-refractivity contribution in [1.82, 2.24) is 15.5 Å². The van der Waals surface area contributed by atoms with Crippen LogP contribution in [-0.2, 0) is 30.3 Å². The fraction of sp³-hybridized carbons (Fsp3) is 0.429. The standard InChI is InChI=1S/C28H37N3O7/c1-7-31(23(25(34)29-17-22(32)37-6)20-15-11-12-18(2)24(20)33)26(35)21(16-19-13-9-8-10-14-19)30-27(36)38-28(3,4)5/h8-15,21,23,33H,7,16-17H2,1-6H3,(H,29,34)(H,30,36). The summed E-state index contributed by atoms with van der Waals surface area (Å²) in [6.07, 6.45) is -0.654. The quantitative estimate of drug-likeness (QED) is 0.404. The Labute approximate surface area is 223 Å². The van der Waals surface area contributed by atoms with Gasteiger partial charge < -0.3 is 30.1 Å². The first-order chi connectivity index (χ1) is 17.9. The number of benzene rings is 2. The molecular weight excluding hydrogens is 490 g/mol. The summed E-state index contributed by atoms with van der Waals surface area (Å²) < 4.78 is 9.99. The van der Waals surface area contributed by atoms with Crippen LogP contribution in [0.3, 0.4) is 0 Å². The van der Waals surface area contributed by atoms with E-state index in [1.807, 2.05) is 30.3 Å². The van der Waals surface area contributed by atoms with E-state index in [0.717, 1.165) is 5.56 Å². The van der Waals surface area contributed by atoms with Gasteiger partial charge in [0.2, 0.25) is 11.8 Å². The van der Waals surface area contributed by atoms with Crippen LogP contribution in [0.5, 0.6) is 5.75 Å². The number of hydrogen-bond donors (Lipinski definition) is 3. The van der Waals surface area contributed by atoms with E-state index in [1.165, 1.54) is 18.1 Å². The second kappa shape index (κ2) is 13.5. The number of nitrogens with zero attached hydrogens (tertiary/aromatic N) is 1. The van der Waals surface area contributed by atoms with Gasteiger partial charge in [0, 0.05) is 18.5 Å². The Balaban J connectivity index is 2.51. The Morgan fingerprint density at radius 1 is 1.03 bits per heavy atom. The van der Waals surface area contributed by atoms with E-state index in [-0.39, 0.29) is 24.3 Å². The van der Waals surface area contributed by atoms with Crippen molar-refractivity contribution >= 4 is 23.9 Å². The number of likely N-dealkylation sites (N-methyl/N-ethyl adjacent to an activating group) is 1. The fourth-order valence-corrected chi connectivity index (χ4v) is 3.85. The molecule has 3 N–H and O–H groups in total. The van der Waals surface area contributed by atoms with E-state index in [1.54, 1.807) is 46.8 Å². The van der Waals surface area contributed by atoms with E-state index in [4.69, 9.17) is 4.74 Å². The summed E-state index contributed by atoms with van der Waals surface area (Å²) in [6.45, 7) is 8.11. The number of phenols is 1. The predicted molar refractivity (Wildman–Crippen MR) is 141 cm³/mol. The van der Waals surface area contributed by atoms with Crippen molar-refractivity contribution in [3.8, 4) is 5.75 Å². The minimum Gasteiger partial charge on any atom is -0.507 e. The van der Waals surface area contributed by atoms with Crippen molar-refractivity contribution in [3.63, 3.8) is 0 Å². The maximum absolute atomic E-state index is 14.0. The zero-order chi connectivity index (χ0) is 28.5. The van der Waals surface area contributed by atoms with Gasteiger partial charge >= 0.3 is 12.1 Å². The lowest BCUT2D eigenvalue weighted by Gasteiger charge is -2.34. The van der Waals surface area contributed by atoms with Crippen LogP contribution in [0.2, 0.25) is 0 Å². The highest BCUT2D eigenvalue weighted by Crippen LogP contribution is 2.32. The average molecular weight is 528 g/mol. The van der Waals surface area contributed by atoms with E-state index < -0.39 is 48.1 Å². The predicted octanol–water partition coefficient (Wildman–Crippen LogP) is 3.02. The van der Waals surface area contributed by atoms with Crippen LogP contribution in [0.15, 0.2) is 48.5 Å². The van der Waals surface area contributed by atoms with Crippen LogP contribution in [0.4, 0.5) is 4.79 Å². The van der Waals surface area contributed by atoms with Crippen LogP contribution >= 0.6 is 0 Å². The van der Waals surface area contributed by atoms with E-state index in [0.29, 0.717) is 5.56 Å². The minimum atomic E-state index is -1.30. The van der Waals surface area contributed by atoms with Crippen molar-refractivity contribution in [2.24, 2.45) is 0 Å². The smallest absolute Gasteiger partial charge is 0.408 e. The van der Waals surface area contributed by atoms with E-state index in [2.05, 4.69) is 15.4 Å². The van der Waals surface area contributed by atoms with Crippen molar-refractivity contribution in [2.45, 2.75) is 58.7 Å². The molecule has 3 amide bonds. The number of methoxy groups -OCH3 is 1. The largest absolute Gasteiger partial charge is 0.507 e. The molecule has 0 aromatic heterocycles. The SMILES string of the molecule is CCN(C(=O)C(Cc1ccccc1)NC(=O)OC(C)(C)C)C(C(=O)NCC(=O)OC)c1cccc(C)c1O. The topological polar surface area (TPSA) is 134 Å². The third kappa shape index (κ3) is 8.50. The van der Waals surface area contributed by atoms with Crippen LogP contribution in [-0.4, -0.2) is 65.7 Å². The molecule has 0 saturated heterocycles. The van der Waals surface area contributed by atoms with Crippen LogP contribution in [0, 0.1) is 6.92 Å². The Morgan fingerprint density at radius 2 is 1.68 bits per heavy atom. The average Bonchev–Trinajstić information content (AvgIpc) is 2.86. The number of aryl methyl sites for hydroxylation is 1. The summed E-state index contributed by atoms with van der Waals surface area (Å²) in [7, 11) is 1.19. The highest BCUT2D eigenvalue weighted by atomic mass is 16.6. The Morgan fingerprint density at radius 3 is 2.26 bits per heavy atom. The van der Waals surface area contributed by atoms with Crippen LogP contribution < -0.4 is 10.6 Å². The lowest BCUT2D eigenvalue weighted by Crippen LogP contribution is -2.54. The van der Waals surface area contributed by atoms with Gasteiger partial charge in [-0.15, -0.1) is 0 Å². The van der Waals surface area contributed by atoms with Gasteiger partial charge in [-0.05, 0) is 45.7 Å². The second-order valence-corrected chi connectivity index (χ2v) is 9.72. The summed E-state index contributed by atoms with van der Waals surface area (Å²) in [6, 6.07) is 11.6. The highest BCUT2D eigenvalue weighted by molar-refractivity contribution is 5.93. The number of hydrogen-bond acceptors (Lipinski definition) is 7. The molecule has 0 aliphatic rings. The van der Waals surface area contributed by atoms with Gasteiger partial charge in [-0.3, -0.25) is 14.4 Å². The van der Waals surface area contributed by atoms with Gasteiger partial charge in [0.15, 0.2) is 0 Å². The molecule has 10 nitrogen and oxygen atoms in total. The Bertz CT molecular complexity index is 1130. The molecule has 38 heavy (non-hydrogen) atoms. The summed E-state index contributed by atoms with van der Waals surface area (Å²) in [5, 5.41) is 15.9. The van der Waals surface area contributed by atoms with Crippen molar-refractivity contribution in [1.29, 1.82) is 0 Å². The first kappa shape index (κ1) is 30.1. The molecule has 10 heteroatoms. The number of esters is 1. The van der Waals surface area contributed by atoms with Crippen LogP contribution in [0.25, 0.3) is 0 Å². The van der Waals surface area contributed by atoms with Crippen molar-refractivity contribution in [3.05, 3.63) is 65.2 Å². The molecular formula is C28H37N3O7. The number of amides is 3. The van der Waals surface area contributed by atoms with Gasteiger partial charge in [-0.1, -0.05) is 48.5 Å². The van der Waals surface area contributed by atoms with Crippen LogP contribution in [0.1, 0.15) is 50.4 Å². The molecule has 0 radical (unpaired) electrons. The second-order valence-electron chi connectivity index (χ2n) is 9.72. The maximum atomic E-state index is 14.0. The fourth-order valence-electron chi connectivity index (χ4n) is 3.85. The number of para-hydroxylation sites is 1. The third-order valence-electron chi connectivity index (χ3n) is 5.65. The molecule has 0 bridgehead atoms. The van der Waals surface area contributed by atoms with E-state index >= 15 is 0 Å². The molecule has 2 aromatic rings. The van der Waals surface area contributed by atoms with Crippen molar-refractivity contribution in [2.75, 3.05) is 20.2 Å². The molecule has 0 aliphatic heterocycles. The molecule has 0 saturated carbocycles. The number of nitrogens with one attached hydrogen (secondary N) is 2. The molecule has 2 unspecified atom stereocenters. The number of carbonyl (C=O) groups excluding carboxylic acids is 4. The molecule has 0 fully saturated rings. The zero-order valence-electron chi connectivity index (χ0n) is 22.7. The molecule has 2 atom stereocenters. The third-order valence-corrected chi connectivity index (χ3v) is 5.65. The first-order valence-corrected chi connectivity index (χ1v) is 12.3. The summed E-state index contributed by atoms with van der Waals surface area (Å²) >= 11 is 0.